The quantitative estimate of drug-likeness (QED) is 0.801. The molecule has 70 valence electrons. The van der Waals surface area contributed by atoms with E-state index in [1.54, 1.807) is 18.2 Å². The lowest BCUT2D eigenvalue weighted by Gasteiger charge is -2.10. The van der Waals surface area contributed by atoms with Crippen LogP contribution < -0.4 is 5.73 Å². The fourth-order valence-corrected chi connectivity index (χ4v) is 1.56. The van der Waals surface area contributed by atoms with Crippen LogP contribution in [0.15, 0.2) is 18.2 Å². The molecule has 0 saturated heterocycles. The molecule has 0 aliphatic rings. The molecule has 0 spiro atoms. The molecule has 0 amide bonds. The Labute approximate surface area is 85.1 Å². The maximum Gasteiger partial charge on any atom is 0.325 e. The van der Waals surface area contributed by atoms with Crippen LogP contribution in [0, 0.1) is 0 Å². The molecule has 3 N–H and O–H groups in total. The van der Waals surface area contributed by atoms with E-state index >= 15 is 0 Å². The molecule has 0 unspecified atom stereocenters. The van der Waals surface area contributed by atoms with Gasteiger partial charge in [-0.15, -0.1) is 0 Å². The van der Waals surface area contributed by atoms with Crippen molar-refractivity contribution in [2.75, 3.05) is 0 Å². The normalized spacial score (nSPS) is 12.5. The second-order valence-corrected chi connectivity index (χ2v) is 3.27. The maximum absolute atomic E-state index is 10.6. The Hall–Kier alpha value is -0.770. The molecule has 1 rings (SSSR count). The first-order chi connectivity index (χ1) is 6.04. The molecule has 5 heteroatoms. The highest BCUT2D eigenvalue weighted by Crippen LogP contribution is 2.28. The van der Waals surface area contributed by atoms with Crippen LogP contribution in [-0.2, 0) is 4.79 Å². The summed E-state index contributed by atoms with van der Waals surface area (Å²) in [6, 6.07) is 3.54. The first kappa shape index (κ1) is 10.3. The van der Waals surface area contributed by atoms with Crippen LogP contribution in [0.4, 0.5) is 0 Å². The lowest BCUT2D eigenvalue weighted by atomic mass is 10.1. The number of carbonyl (C=O) groups is 1. The molecule has 0 aliphatic heterocycles. The third-order valence-corrected chi connectivity index (χ3v) is 2.24. The number of halogens is 2. The topological polar surface area (TPSA) is 63.3 Å². The third kappa shape index (κ3) is 2.12. The Balaban J connectivity index is 3.20. The van der Waals surface area contributed by atoms with Gasteiger partial charge in [0, 0.05) is 15.6 Å². The SMILES string of the molecule is N[C@@H](C(=O)O)c1c(Cl)cccc1Cl. The van der Waals surface area contributed by atoms with Crippen molar-refractivity contribution >= 4 is 29.2 Å². The van der Waals surface area contributed by atoms with Gasteiger partial charge in [-0.1, -0.05) is 29.3 Å². The van der Waals surface area contributed by atoms with Gasteiger partial charge in [0.1, 0.15) is 6.04 Å². The molecule has 0 radical (unpaired) electrons. The maximum atomic E-state index is 10.6. The van der Waals surface area contributed by atoms with Crippen LogP contribution in [0.2, 0.25) is 10.0 Å². The number of rotatable bonds is 2. The van der Waals surface area contributed by atoms with Gasteiger partial charge >= 0.3 is 5.97 Å². The second kappa shape index (κ2) is 3.96. The largest absolute Gasteiger partial charge is 0.480 e. The summed E-state index contributed by atoms with van der Waals surface area (Å²) in [7, 11) is 0. The zero-order valence-corrected chi connectivity index (χ0v) is 8.01. The molecule has 3 nitrogen and oxygen atoms in total. The fourth-order valence-electron chi connectivity index (χ4n) is 0.931. The predicted molar refractivity (Wildman–Crippen MR) is 51.0 cm³/mol. The van der Waals surface area contributed by atoms with Gasteiger partial charge in [-0.2, -0.15) is 0 Å². The standard InChI is InChI=1S/C8H7Cl2NO2/c9-4-2-1-3-5(10)6(4)7(11)8(12)13/h1-3,7H,11H2,(H,12,13)/t7-/m1/s1. The highest BCUT2D eigenvalue weighted by atomic mass is 35.5. The van der Waals surface area contributed by atoms with Gasteiger partial charge in [-0.3, -0.25) is 4.79 Å². The first-order valence-electron chi connectivity index (χ1n) is 3.46. The second-order valence-electron chi connectivity index (χ2n) is 2.45. The zero-order chi connectivity index (χ0) is 10.0. The minimum absolute atomic E-state index is 0.248. The van der Waals surface area contributed by atoms with Gasteiger partial charge in [0.2, 0.25) is 0 Å². The van der Waals surface area contributed by atoms with E-state index in [0.29, 0.717) is 0 Å². The summed E-state index contributed by atoms with van der Waals surface area (Å²) < 4.78 is 0. The number of carboxylic acid groups (broad SMARTS) is 1. The number of hydrogen-bond acceptors (Lipinski definition) is 2. The van der Waals surface area contributed by atoms with E-state index in [1.165, 1.54) is 0 Å². The molecule has 0 bridgehead atoms. The predicted octanol–water partition coefficient (Wildman–Crippen LogP) is 2.08. The van der Waals surface area contributed by atoms with Crippen molar-refractivity contribution in [3.63, 3.8) is 0 Å². The summed E-state index contributed by atoms with van der Waals surface area (Å²) in [6.07, 6.45) is 0. The molecule has 13 heavy (non-hydrogen) atoms. The number of benzene rings is 1. The van der Waals surface area contributed by atoms with Crippen LogP contribution in [0.5, 0.6) is 0 Å². The molecule has 1 atom stereocenters. The van der Waals surface area contributed by atoms with Crippen molar-refractivity contribution in [3.8, 4) is 0 Å². The van der Waals surface area contributed by atoms with Gasteiger partial charge < -0.3 is 10.8 Å². The fraction of sp³-hybridized carbons (Fsp3) is 0.125. The van der Waals surface area contributed by atoms with Crippen LogP contribution in [0.25, 0.3) is 0 Å². The summed E-state index contributed by atoms with van der Waals surface area (Å²) in [5.41, 5.74) is 5.62. The summed E-state index contributed by atoms with van der Waals surface area (Å²) in [4.78, 5) is 10.6. The van der Waals surface area contributed by atoms with Gasteiger partial charge in [-0.25, -0.2) is 0 Å². The Morgan fingerprint density at radius 3 is 2.23 bits per heavy atom. The average Bonchev–Trinajstić information content (AvgIpc) is 2.03. The van der Waals surface area contributed by atoms with Crippen molar-refractivity contribution in [1.29, 1.82) is 0 Å². The average molecular weight is 220 g/mol. The third-order valence-electron chi connectivity index (χ3n) is 1.58. The van der Waals surface area contributed by atoms with Crippen molar-refractivity contribution in [2.24, 2.45) is 5.73 Å². The van der Waals surface area contributed by atoms with Crippen LogP contribution in [0.1, 0.15) is 11.6 Å². The number of carboxylic acids is 1. The summed E-state index contributed by atoms with van der Waals surface area (Å²) in [5, 5.41) is 9.17. The van der Waals surface area contributed by atoms with Crippen molar-refractivity contribution < 1.29 is 9.90 Å². The monoisotopic (exact) mass is 219 g/mol. The van der Waals surface area contributed by atoms with Crippen molar-refractivity contribution in [3.05, 3.63) is 33.8 Å². The van der Waals surface area contributed by atoms with E-state index < -0.39 is 12.0 Å². The van der Waals surface area contributed by atoms with E-state index in [0.717, 1.165) is 0 Å². The van der Waals surface area contributed by atoms with Gasteiger partial charge in [0.15, 0.2) is 0 Å². The molecule has 0 saturated carbocycles. The van der Waals surface area contributed by atoms with Crippen LogP contribution in [-0.4, -0.2) is 11.1 Å². The Morgan fingerprint density at radius 1 is 1.38 bits per heavy atom. The summed E-state index contributed by atoms with van der Waals surface area (Å²) >= 11 is 11.5. The summed E-state index contributed by atoms with van der Waals surface area (Å²) in [6.45, 7) is 0. The van der Waals surface area contributed by atoms with E-state index in [-0.39, 0.29) is 15.6 Å². The van der Waals surface area contributed by atoms with E-state index in [1.807, 2.05) is 0 Å². The smallest absolute Gasteiger partial charge is 0.325 e. The van der Waals surface area contributed by atoms with Gasteiger partial charge in [0.25, 0.3) is 0 Å². The molecular formula is C8H7Cl2NO2. The molecular weight excluding hydrogens is 213 g/mol. The molecule has 0 aromatic heterocycles. The Kier molecular flexibility index (Phi) is 3.14. The molecule has 0 fully saturated rings. The molecule has 0 heterocycles. The minimum atomic E-state index is -1.18. The number of aliphatic carboxylic acids is 1. The van der Waals surface area contributed by atoms with Gasteiger partial charge in [0.05, 0.1) is 0 Å². The van der Waals surface area contributed by atoms with Crippen molar-refractivity contribution in [1.82, 2.24) is 0 Å². The molecule has 1 aromatic rings. The molecule has 1 aromatic carbocycles. The first-order valence-corrected chi connectivity index (χ1v) is 4.22. The Morgan fingerprint density at radius 2 is 1.85 bits per heavy atom. The number of nitrogens with two attached hydrogens (primary N) is 1. The number of hydrogen-bond donors (Lipinski definition) is 2. The lowest BCUT2D eigenvalue weighted by molar-refractivity contribution is -0.138. The van der Waals surface area contributed by atoms with E-state index in [2.05, 4.69) is 0 Å². The van der Waals surface area contributed by atoms with E-state index in [9.17, 15) is 4.79 Å². The zero-order valence-electron chi connectivity index (χ0n) is 6.50. The Bertz CT molecular complexity index is 321. The van der Waals surface area contributed by atoms with E-state index in [4.69, 9.17) is 34.0 Å². The minimum Gasteiger partial charge on any atom is -0.480 e. The highest BCUT2D eigenvalue weighted by Gasteiger charge is 2.19. The highest BCUT2D eigenvalue weighted by molar-refractivity contribution is 6.36. The molecule has 0 aliphatic carbocycles. The van der Waals surface area contributed by atoms with Crippen LogP contribution in [0.3, 0.4) is 0 Å². The lowest BCUT2D eigenvalue weighted by Crippen LogP contribution is -2.21. The van der Waals surface area contributed by atoms with Gasteiger partial charge in [-0.05, 0) is 12.1 Å². The van der Waals surface area contributed by atoms with Crippen molar-refractivity contribution in [2.45, 2.75) is 6.04 Å². The van der Waals surface area contributed by atoms with Crippen LogP contribution >= 0.6 is 23.2 Å². The summed E-state index contributed by atoms with van der Waals surface area (Å²) in [5.74, 6) is -1.16.